The summed E-state index contributed by atoms with van der Waals surface area (Å²) in [6.07, 6.45) is 0. The summed E-state index contributed by atoms with van der Waals surface area (Å²) in [6, 6.07) is 11.4. The van der Waals surface area contributed by atoms with E-state index < -0.39 is 11.7 Å². The maximum atomic E-state index is 13.1. The van der Waals surface area contributed by atoms with Crippen molar-refractivity contribution >= 4 is 23.2 Å². The number of hydrogen-bond donors (Lipinski definition) is 2. The van der Waals surface area contributed by atoms with E-state index in [2.05, 4.69) is 5.32 Å². The summed E-state index contributed by atoms with van der Waals surface area (Å²) in [6.45, 7) is 1.94. The molecule has 2 aromatic carbocycles. The summed E-state index contributed by atoms with van der Waals surface area (Å²) in [4.78, 5) is 11.0. The minimum atomic E-state index is -0.463. The first-order valence-corrected chi connectivity index (χ1v) is 6.46. The van der Waals surface area contributed by atoms with Gasteiger partial charge in [-0.05, 0) is 48.9 Å². The normalized spacial score (nSPS) is 11.9. The van der Waals surface area contributed by atoms with E-state index in [-0.39, 0.29) is 11.1 Å². The van der Waals surface area contributed by atoms with Crippen LogP contribution in [0.15, 0.2) is 42.5 Å². The first-order valence-electron chi connectivity index (χ1n) is 6.08. The monoisotopic (exact) mass is 292 g/mol. The molecule has 104 valence electrons. The molecule has 3 nitrogen and oxygen atoms in total. The van der Waals surface area contributed by atoms with E-state index in [1.165, 1.54) is 6.07 Å². The molecule has 0 saturated heterocycles. The van der Waals surface area contributed by atoms with E-state index >= 15 is 0 Å². The largest absolute Gasteiger partial charge is 0.379 e. The number of primary amides is 1. The fourth-order valence-electron chi connectivity index (χ4n) is 1.85. The molecule has 0 aliphatic heterocycles. The fourth-order valence-corrected chi connectivity index (χ4v) is 2.03. The van der Waals surface area contributed by atoms with Crippen LogP contribution in [0.25, 0.3) is 0 Å². The predicted octanol–water partition coefficient (Wildman–Crippen LogP) is 3.75. The molecule has 0 aromatic heterocycles. The minimum absolute atomic E-state index is 0.0486. The molecule has 0 bridgehead atoms. The maximum Gasteiger partial charge on any atom is 0.248 e. The molecule has 5 heteroatoms. The van der Waals surface area contributed by atoms with Crippen LogP contribution in [-0.2, 0) is 0 Å². The van der Waals surface area contributed by atoms with Gasteiger partial charge in [0.15, 0.2) is 0 Å². The Morgan fingerprint density at radius 3 is 2.45 bits per heavy atom. The lowest BCUT2D eigenvalue weighted by atomic mass is 10.1. The average Bonchev–Trinajstić information content (AvgIpc) is 2.42. The predicted molar refractivity (Wildman–Crippen MR) is 78.4 cm³/mol. The van der Waals surface area contributed by atoms with E-state index in [4.69, 9.17) is 17.3 Å². The highest BCUT2D eigenvalue weighted by atomic mass is 35.5. The molecule has 1 atom stereocenters. The first kappa shape index (κ1) is 14.3. The number of rotatable bonds is 4. The first-order chi connectivity index (χ1) is 9.47. The molecule has 0 fully saturated rings. The molecule has 0 heterocycles. The van der Waals surface area contributed by atoms with Gasteiger partial charge in [0.2, 0.25) is 5.91 Å². The molecule has 0 spiro atoms. The molecular weight excluding hydrogens is 279 g/mol. The number of benzene rings is 2. The van der Waals surface area contributed by atoms with E-state index in [0.29, 0.717) is 5.56 Å². The molecular formula is C15H14ClFN2O. The van der Waals surface area contributed by atoms with Crippen LogP contribution in [0.4, 0.5) is 10.1 Å². The van der Waals surface area contributed by atoms with Gasteiger partial charge in [0.25, 0.3) is 0 Å². The Labute approximate surface area is 121 Å². The van der Waals surface area contributed by atoms with Crippen LogP contribution in [-0.4, -0.2) is 5.91 Å². The maximum absolute atomic E-state index is 13.1. The van der Waals surface area contributed by atoms with E-state index in [0.717, 1.165) is 11.3 Å². The van der Waals surface area contributed by atoms with Crippen LogP contribution in [0, 0.1) is 5.82 Å². The lowest BCUT2D eigenvalue weighted by molar-refractivity contribution is 0.100. The third-order valence-corrected chi connectivity index (χ3v) is 3.29. The zero-order valence-corrected chi connectivity index (χ0v) is 11.6. The lowest BCUT2D eigenvalue weighted by Gasteiger charge is -2.16. The van der Waals surface area contributed by atoms with Gasteiger partial charge in [-0.25, -0.2) is 4.39 Å². The number of nitrogens with one attached hydrogen (secondary N) is 1. The summed E-state index contributed by atoms with van der Waals surface area (Å²) in [5.41, 5.74) is 7.34. The van der Waals surface area contributed by atoms with Crippen LogP contribution in [0.3, 0.4) is 0 Å². The molecule has 0 aliphatic carbocycles. The second-order valence-electron chi connectivity index (χ2n) is 4.48. The van der Waals surface area contributed by atoms with Crippen LogP contribution in [0.1, 0.15) is 28.9 Å². The molecule has 2 aromatic rings. The lowest BCUT2D eigenvalue weighted by Crippen LogP contribution is -2.11. The van der Waals surface area contributed by atoms with Crippen LogP contribution < -0.4 is 11.1 Å². The van der Waals surface area contributed by atoms with Gasteiger partial charge in [-0.3, -0.25) is 4.79 Å². The highest BCUT2D eigenvalue weighted by molar-refractivity contribution is 6.30. The van der Waals surface area contributed by atoms with Crippen molar-refractivity contribution in [3.63, 3.8) is 0 Å². The molecule has 0 aliphatic rings. The van der Waals surface area contributed by atoms with Crippen molar-refractivity contribution in [1.29, 1.82) is 0 Å². The quantitative estimate of drug-likeness (QED) is 0.901. The van der Waals surface area contributed by atoms with Gasteiger partial charge in [0.05, 0.1) is 5.02 Å². The van der Waals surface area contributed by atoms with Crippen molar-refractivity contribution < 1.29 is 9.18 Å². The van der Waals surface area contributed by atoms with Gasteiger partial charge >= 0.3 is 0 Å². The van der Waals surface area contributed by atoms with Crippen molar-refractivity contribution in [3.05, 3.63) is 64.4 Å². The highest BCUT2D eigenvalue weighted by Crippen LogP contribution is 2.23. The number of halogens is 2. The van der Waals surface area contributed by atoms with Crippen molar-refractivity contribution in [1.82, 2.24) is 0 Å². The van der Waals surface area contributed by atoms with Crippen LogP contribution >= 0.6 is 11.6 Å². The summed E-state index contributed by atoms with van der Waals surface area (Å²) >= 11 is 5.76. The Hall–Kier alpha value is -2.07. The van der Waals surface area contributed by atoms with E-state index in [9.17, 15) is 9.18 Å². The third kappa shape index (κ3) is 3.27. The molecule has 0 saturated carbocycles. The standard InChI is InChI=1S/C15H14ClFN2O/c1-9(11-4-7-14(17)13(16)8-11)19-12-5-2-10(3-6-12)15(18)20/h2-9,19H,1H3,(H2,18,20). The number of anilines is 1. The molecule has 3 N–H and O–H groups in total. The summed E-state index contributed by atoms with van der Waals surface area (Å²) in [5, 5.41) is 3.34. The Bertz CT molecular complexity index is 628. The summed E-state index contributed by atoms with van der Waals surface area (Å²) in [7, 11) is 0. The van der Waals surface area contributed by atoms with Gasteiger partial charge in [0.1, 0.15) is 5.82 Å². The van der Waals surface area contributed by atoms with Gasteiger partial charge < -0.3 is 11.1 Å². The molecule has 20 heavy (non-hydrogen) atoms. The zero-order valence-electron chi connectivity index (χ0n) is 10.9. The molecule has 0 radical (unpaired) electrons. The van der Waals surface area contributed by atoms with Crippen molar-refractivity contribution in [2.45, 2.75) is 13.0 Å². The minimum Gasteiger partial charge on any atom is -0.379 e. The number of nitrogens with two attached hydrogens (primary N) is 1. The molecule has 2 rings (SSSR count). The van der Waals surface area contributed by atoms with Crippen molar-refractivity contribution in [2.75, 3.05) is 5.32 Å². The number of amides is 1. The van der Waals surface area contributed by atoms with Crippen molar-refractivity contribution in [3.8, 4) is 0 Å². The third-order valence-electron chi connectivity index (χ3n) is 3.00. The topological polar surface area (TPSA) is 55.1 Å². The number of hydrogen-bond acceptors (Lipinski definition) is 2. The van der Waals surface area contributed by atoms with Gasteiger partial charge in [0, 0.05) is 17.3 Å². The smallest absolute Gasteiger partial charge is 0.248 e. The number of carbonyl (C=O) groups excluding carboxylic acids is 1. The van der Waals surface area contributed by atoms with Gasteiger partial charge in [-0.2, -0.15) is 0 Å². The summed E-state index contributed by atoms with van der Waals surface area (Å²) < 4.78 is 13.1. The second-order valence-corrected chi connectivity index (χ2v) is 4.89. The Balaban J connectivity index is 2.12. The zero-order chi connectivity index (χ0) is 14.7. The fraction of sp³-hybridized carbons (Fsp3) is 0.133. The number of carbonyl (C=O) groups is 1. The Morgan fingerprint density at radius 2 is 1.90 bits per heavy atom. The average molecular weight is 293 g/mol. The Kier molecular flexibility index (Phi) is 4.25. The second kappa shape index (κ2) is 5.92. The summed E-state index contributed by atoms with van der Waals surface area (Å²) in [5.74, 6) is -0.900. The SMILES string of the molecule is CC(Nc1ccc(C(N)=O)cc1)c1ccc(F)c(Cl)c1. The van der Waals surface area contributed by atoms with Gasteiger partial charge in [-0.15, -0.1) is 0 Å². The van der Waals surface area contributed by atoms with Crippen LogP contribution in [0.5, 0.6) is 0 Å². The highest BCUT2D eigenvalue weighted by Gasteiger charge is 2.08. The van der Waals surface area contributed by atoms with E-state index in [1.54, 1.807) is 36.4 Å². The van der Waals surface area contributed by atoms with Crippen LogP contribution in [0.2, 0.25) is 5.02 Å². The Morgan fingerprint density at radius 1 is 1.25 bits per heavy atom. The molecule has 1 amide bonds. The van der Waals surface area contributed by atoms with Gasteiger partial charge in [-0.1, -0.05) is 17.7 Å². The van der Waals surface area contributed by atoms with E-state index in [1.807, 2.05) is 6.92 Å². The molecule has 1 unspecified atom stereocenters. The van der Waals surface area contributed by atoms with Crippen molar-refractivity contribution in [2.24, 2.45) is 5.73 Å².